The molecule has 9 heteroatoms. The van der Waals surface area contributed by atoms with E-state index in [1.165, 1.54) is 30.0 Å². The maximum absolute atomic E-state index is 13.6. The van der Waals surface area contributed by atoms with Crippen LogP contribution in [0.5, 0.6) is 0 Å². The van der Waals surface area contributed by atoms with Gasteiger partial charge in [-0.3, -0.25) is 24.3 Å². The van der Waals surface area contributed by atoms with Gasteiger partial charge in [0, 0.05) is 23.9 Å². The van der Waals surface area contributed by atoms with E-state index in [1.54, 1.807) is 23.6 Å². The second-order valence-corrected chi connectivity index (χ2v) is 10.3. The molecule has 1 heterocycles. The topological polar surface area (TPSA) is 107 Å². The summed E-state index contributed by atoms with van der Waals surface area (Å²) < 4.78 is 1.80. The molecule has 1 N–H and O–H groups in total. The van der Waals surface area contributed by atoms with Crippen molar-refractivity contribution in [3.05, 3.63) is 69.0 Å². The normalized spacial score (nSPS) is 21.2. The number of hydrogen-bond acceptors (Lipinski definition) is 6. The lowest BCUT2D eigenvalue weighted by Crippen LogP contribution is -2.36. The molecular weight excluding hydrogens is 452 g/mol. The van der Waals surface area contributed by atoms with Crippen LogP contribution in [-0.4, -0.2) is 25.6 Å². The van der Waals surface area contributed by atoms with Crippen molar-refractivity contribution in [2.75, 3.05) is 5.32 Å². The molecule has 1 aliphatic rings. The molecule has 8 nitrogen and oxygen atoms in total. The minimum absolute atomic E-state index is 0.0166. The van der Waals surface area contributed by atoms with E-state index in [2.05, 4.69) is 19.2 Å². The summed E-state index contributed by atoms with van der Waals surface area (Å²) in [7, 11) is 0. The number of carbonyl (C=O) groups is 1. The lowest BCUT2D eigenvalue weighted by atomic mass is 9.78. The Morgan fingerprint density at radius 3 is 2.74 bits per heavy atom. The van der Waals surface area contributed by atoms with Crippen LogP contribution in [0.15, 0.2) is 58.5 Å². The molecule has 3 aromatic rings. The first-order valence-corrected chi connectivity index (χ1v) is 12.4. The van der Waals surface area contributed by atoms with Crippen LogP contribution in [0.3, 0.4) is 0 Å². The van der Waals surface area contributed by atoms with Gasteiger partial charge in [0.15, 0.2) is 5.16 Å². The van der Waals surface area contributed by atoms with Gasteiger partial charge in [0.25, 0.3) is 11.2 Å². The number of fused-ring (bicyclic) bond motifs is 1. The zero-order chi connectivity index (χ0) is 24.4. The minimum Gasteiger partial charge on any atom is -0.325 e. The third kappa shape index (κ3) is 4.84. The van der Waals surface area contributed by atoms with Gasteiger partial charge in [0.05, 0.1) is 21.1 Å². The fourth-order valence-electron chi connectivity index (χ4n) is 4.57. The van der Waals surface area contributed by atoms with Gasteiger partial charge < -0.3 is 5.32 Å². The van der Waals surface area contributed by atoms with Crippen molar-refractivity contribution in [1.29, 1.82) is 0 Å². The average molecular weight is 481 g/mol. The summed E-state index contributed by atoms with van der Waals surface area (Å²) in [6.07, 6.45) is 3.08. The van der Waals surface area contributed by atoms with Crippen LogP contribution >= 0.6 is 11.8 Å². The summed E-state index contributed by atoms with van der Waals surface area (Å²) in [5.41, 5.74) is 0.785. The van der Waals surface area contributed by atoms with Crippen LogP contribution in [0, 0.1) is 22.0 Å². The van der Waals surface area contributed by atoms with Gasteiger partial charge in [-0.1, -0.05) is 56.7 Å². The lowest BCUT2D eigenvalue weighted by molar-refractivity contribution is -0.384. The summed E-state index contributed by atoms with van der Waals surface area (Å²) in [6, 6.07) is 13.1. The smallest absolute Gasteiger partial charge is 0.271 e. The van der Waals surface area contributed by atoms with Crippen molar-refractivity contribution in [2.45, 2.75) is 56.5 Å². The molecule has 1 aliphatic carbocycles. The Bertz CT molecular complexity index is 1290. The maximum atomic E-state index is 13.6. The second-order valence-electron chi connectivity index (χ2n) is 8.98. The van der Waals surface area contributed by atoms with Gasteiger partial charge in [0.1, 0.15) is 0 Å². The van der Waals surface area contributed by atoms with Crippen LogP contribution in [-0.2, 0) is 4.79 Å². The number of non-ortho nitro benzene ring substituents is 1. The van der Waals surface area contributed by atoms with Gasteiger partial charge in [0.2, 0.25) is 5.91 Å². The van der Waals surface area contributed by atoms with Gasteiger partial charge in [-0.15, -0.1) is 0 Å². The van der Waals surface area contributed by atoms with Crippen molar-refractivity contribution in [3.63, 3.8) is 0 Å². The summed E-state index contributed by atoms with van der Waals surface area (Å²) >= 11 is 1.24. The van der Waals surface area contributed by atoms with E-state index in [4.69, 9.17) is 4.98 Å². The summed E-state index contributed by atoms with van der Waals surface area (Å²) in [6.45, 7) is 6.15. The van der Waals surface area contributed by atoms with E-state index in [0.29, 0.717) is 33.6 Å². The van der Waals surface area contributed by atoms with Crippen LogP contribution in [0.1, 0.15) is 46.1 Å². The highest BCUT2D eigenvalue weighted by molar-refractivity contribution is 8.00. The SMILES string of the molecule is C[C@H]1[C@H](C)CCC[C@@H]1n1c(S[C@@H](C)C(=O)Nc2cccc([N+](=O)[O-])c2)nc2ccccc2c1=O. The molecule has 1 saturated carbocycles. The number of nitro groups is 1. The third-order valence-corrected chi connectivity index (χ3v) is 7.81. The van der Waals surface area contributed by atoms with Crippen LogP contribution < -0.4 is 10.9 Å². The predicted octanol–water partition coefficient (Wildman–Crippen LogP) is 5.42. The second kappa shape index (κ2) is 9.97. The molecule has 178 valence electrons. The number of thioether (sulfide) groups is 1. The number of nitro benzene ring substituents is 1. The predicted molar refractivity (Wildman–Crippen MR) is 134 cm³/mol. The minimum atomic E-state index is -0.574. The molecule has 0 unspecified atom stereocenters. The Kier molecular flexibility index (Phi) is 7.02. The maximum Gasteiger partial charge on any atom is 0.271 e. The van der Waals surface area contributed by atoms with Crippen LogP contribution in [0.25, 0.3) is 10.9 Å². The highest BCUT2D eigenvalue weighted by atomic mass is 32.2. The van der Waals surface area contributed by atoms with E-state index in [0.717, 1.165) is 19.3 Å². The first kappa shape index (κ1) is 23.9. The number of hydrogen-bond donors (Lipinski definition) is 1. The van der Waals surface area contributed by atoms with E-state index in [9.17, 15) is 19.7 Å². The van der Waals surface area contributed by atoms with Crippen molar-refractivity contribution < 1.29 is 9.72 Å². The molecule has 1 aromatic heterocycles. The molecule has 0 aliphatic heterocycles. The van der Waals surface area contributed by atoms with Crippen molar-refractivity contribution in [1.82, 2.24) is 9.55 Å². The molecule has 34 heavy (non-hydrogen) atoms. The zero-order valence-corrected chi connectivity index (χ0v) is 20.2. The zero-order valence-electron chi connectivity index (χ0n) is 19.4. The van der Waals surface area contributed by atoms with Crippen molar-refractivity contribution in [3.8, 4) is 0 Å². The van der Waals surface area contributed by atoms with E-state index in [1.807, 2.05) is 18.2 Å². The Morgan fingerprint density at radius 1 is 1.21 bits per heavy atom. The molecule has 2 aromatic carbocycles. The van der Waals surface area contributed by atoms with Crippen molar-refractivity contribution in [2.24, 2.45) is 11.8 Å². The van der Waals surface area contributed by atoms with Crippen LogP contribution in [0.2, 0.25) is 0 Å². The van der Waals surface area contributed by atoms with E-state index < -0.39 is 10.2 Å². The number of rotatable bonds is 6. The Labute approximate surface area is 201 Å². The Hall–Kier alpha value is -3.20. The third-order valence-electron chi connectivity index (χ3n) is 6.75. The summed E-state index contributed by atoms with van der Waals surface area (Å²) in [5.74, 6) is 0.483. The standard InChI is InChI=1S/C25H28N4O4S/c1-15-8-6-13-22(16(15)2)28-24(31)20-11-4-5-12-21(20)27-25(28)34-17(3)23(30)26-18-9-7-10-19(14-18)29(32)33/h4-5,7,9-12,14-17,22H,6,8,13H2,1-3H3,(H,26,30)/t15-,16+,17+,22+/m1/s1. The van der Waals surface area contributed by atoms with E-state index >= 15 is 0 Å². The molecule has 4 atom stereocenters. The van der Waals surface area contributed by atoms with Gasteiger partial charge in [-0.2, -0.15) is 0 Å². The van der Waals surface area contributed by atoms with Crippen molar-refractivity contribution >= 4 is 39.9 Å². The fraction of sp³-hybridized carbons (Fsp3) is 0.400. The number of anilines is 1. The summed E-state index contributed by atoms with van der Waals surface area (Å²) in [5, 5.41) is 14.3. The van der Waals surface area contributed by atoms with Crippen LogP contribution in [0.4, 0.5) is 11.4 Å². The number of nitrogens with zero attached hydrogens (tertiary/aromatic N) is 3. The number of carbonyl (C=O) groups excluding carboxylic acids is 1. The van der Waals surface area contributed by atoms with Gasteiger partial charge >= 0.3 is 0 Å². The van der Waals surface area contributed by atoms with Gasteiger partial charge in [-0.05, 0) is 43.4 Å². The first-order valence-electron chi connectivity index (χ1n) is 11.5. The summed E-state index contributed by atoms with van der Waals surface area (Å²) in [4.78, 5) is 41.9. The largest absolute Gasteiger partial charge is 0.325 e. The number of aromatic nitrogens is 2. The molecule has 0 bridgehead atoms. The molecule has 1 fully saturated rings. The Morgan fingerprint density at radius 2 is 1.97 bits per heavy atom. The molecule has 1 amide bonds. The number of nitrogens with one attached hydrogen (secondary N) is 1. The monoisotopic (exact) mass is 480 g/mol. The molecular formula is C25H28N4O4S. The fourth-order valence-corrected chi connectivity index (χ4v) is 5.54. The first-order chi connectivity index (χ1) is 16.3. The van der Waals surface area contributed by atoms with Gasteiger partial charge in [-0.25, -0.2) is 4.98 Å². The lowest BCUT2D eigenvalue weighted by Gasteiger charge is -2.36. The number of amides is 1. The number of benzene rings is 2. The Balaban J connectivity index is 1.66. The quantitative estimate of drug-likeness (QED) is 0.218. The molecule has 4 rings (SSSR count). The average Bonchev–Trinajstić information content (AvgIpc) is 2.82. The molecule has 0 saturated heterocycles. The highest BCUT2D eigenvalue weighted by Gasteiger charge is 2.32. The molecule has 0 spiro atoms. The van der Waals surface area contributed by atoms with E-state index in [-0.39, 0.29) is 23.2 Å². The number of para-hydroxylation sites is 1. The highest BCUT2D eigenvalue weighted by Crippen LogP contribution is 2.39. The molecule has 0 radical (unpaired) electrons.